The first-order chi connectivity index (χ1) is 11.7. The Hall–Kier alpha value is -1.43. The number of aromatic amines is 1. The van der Waals surface area contributed by atoms with Gasteiger partial charge in [-0.05, 0) is 88.6 Å². The van der Waals surface area contributed by atoms with Crippen LogP contribution in [0.2, 0.25) is 0 Å². The highest BCUT2D eigenvalue weighted by molar-refractivity contribution is 5.85. The zero-order valence-electron chi connectivity index (χ0n) is 14.8. The molecule has 0 aliphatic carbocycles. The van der Waals surface area contributed by atoms with Gasteiger partial charge in [0.2, 0.25) is 0 Å². The molecule has 0 unspecified atom stereocenters. The fourth-order valence-electron chi connectivity index (χ4n) is 3.39. The van der Waals surface area contributed by atoms with Crippen LogP contribution in [0.1, 0.15) is 25.0 Å². The predicted octanol–water partition coefficient (Wildman–Crippen LogP) is 3.50. The van der Waals surface area contributed by atoms with Crippen LogP contribution in [0, 0.1) is 11.7 Å². The molecule has 6 heteroatoms. The van der Waals surface area contributed by atoms with Crippen LogP contribution in [-0.2, 0) is 6.42 Å². The maximum Gasteiger partial charge on any atom is 0.123 e. The number of halogens is 2. The summed E-state index contributed by atoms with van der Waals surface area (Å²) in [4.78, 5) is 2.45. The summed E-state index contributed by atoms with van der Waals surface area (Å²) < 4.78 is 13.0. The SMILES string of the molecule is CN(CCCc1cc(-c2ccc(F)cc2)n[nH]1)CC1CCNCC1.Cl. The molecule has 1 aliphatic rings. The summed E-state index contributed by atoms with van der Waals surface area (Å²) in [7, 11) is 2.22. The fraction of sp³-hybridized carbons (Fsp3) is 0.526. The first-order valence-corrected chi connectivity index (χ1v) is 8.90. The van der Waals surface area contributed by atoms with Gasteiger partial charge >= 0.3 is 0 Å². The first-order valence-electron chi connectivity index (χ1n) is 8.90. The lowest BCUT2D eigenvalue weighted by atomic mass is 9.97. The summed E-state index contributed by atoms with van der Waals surface area (Å²) in [6.45, 7) is 4.64. The molecule has 2 N–H and O–H groups in total. The quantitative estimate of drug-likeness (QED) is 0.788. The summed E-state index contributed by atoms with van der Waals surface area (Å²) in [5, 5.41) is 10.9. The van der Waals surface area contributed by atoms with Gasteiger partial charge in [0.1, 0.15) is 5.82 Å². The highest BCUT2D eigenvalue weighted by atomic mass is 35.5. The number of nitrogens with one attached hydrogen (secondary N) is 2. The zero-order chi connectivity index (χ0) is 16.8. The Morgan fingerprint density at radius 1 is 1.20 bits per heavy atom. The van der Waals surface area contributed by atoms with E-state index in [9.17, 15) is 4.39 Å². The average Bonchev–Trinajstić information content (AvgIpc) is 3.05. The van der Waals surface area contributed by atoms with Crippen molar-refractivity contribution in [1.29, 1.82) is 0 Å². The molecule has 2 heterocycles. The largest absolute Gasteiger partial charge is 0.317 e. The van der Waals surface area contributed by atoms with Gasteiger partial charge in [0.25, 0.3) is 0 Å². The van der Waals surface area contributed by atoms with Crippen LogP contribution in [-0.4, -0.2) is 48.3 Å². The first kappa shape index (κ1) is 19.9. The monoisotopic (exact) mass is 366 g/mol. The Kier molecular flexibility index (Phi) is 7.88. The van der Waals surface area contributed by atoms with Crippen molar-refractivity contribution in [3.8, 4) is 11.3 Å². The molecule has 4 nitrogen and oxygen atoms in total. The topological polar surface area (TPSA) is 44.0 Å². The molecule has 138 valence electrons. The number of hydrogen-bond acceptors (Lipinski definition) is 3. The van der Waals surface area contributed by atoms with Crippen molar-refractivity contribution < 1.29 is 4.39 Å². The van der Waals surface area contributed by atoms with Crippen LogP contribution in [0.3, 0.4) is 0 Å². The van der Waals surface area contributed by atoms with E-state index in [1.54, 1.807) is 12.1 Å². The molecule has 25 heavy (non-hydrogen) atoms. The predicted molar refractivity (Wildman–Crippen MR) is 103 cm³/mol. The summed E-state index contributed by atoms with van der Waals surface area (Å²) in [6.07, 6.45) is 4.70. The molecule has 0 saturated carbocycles. The van der Waals surface area contributed by atoms with Gasteiger partial charge in [-0.1, -0.05) is 0 Å². The van der Waals surface area contributed by atoms with Gasteiger partial charge in [0.05, 0.1) is 5.69 Å². The Labute approximate surface area is 155 Å². The molecule has 1 aliphatic heterocycles. The smallest absolute Gasteiger partial charge is 0.123 e. The van der Waals surface area contributed by atoms with E-state index in [1.807, 2.05) is 0 Å². The van der Waals surface area contributed by atoms with E-state index >= 15 is 0 Å². The van der Waals surface area contributed by atoms with Crippen LogP contribution in [0.4, 0.5) is 4.39 Å². The lowest BCUT2D eigenvalue weighted by Crippen LogP contribution is -2.35. The van der Waals surface area contributed by atoms with Gasteiger partial charge < -0.3 is 10.2 Å². The van der Waals surface area contributed by atoms with Crippen molar-refractivity contribution in [3.05, 3.63) is 41.8 Å². The number of aryl methyl sites for hydroxylation is 1. The van der Waals surface area contributed by atoms with Crippen molar-refractivity contribution in [2.24, 2.45) is 5.92 Å². The number of nitrogens with zero attached hydrogens (tertiary/aromatic N) is 2. The Morgan fingerprint density at radius 2 is 1.92 bits per heavy atom. The summed E-state index contributed by atoms with van der Waals surface area (Å²) in [5.41, 5.74) is 2.97. The maximum absolute atomic E-state index is 13.0. The van der Waals surface area contributed by atoms with Gasteiger partial charge in [-0.15, -0.1) is 12.4 Å². The Morgan fingerprint density at radius 3 is 2.64 bits per heavy atom. The third-order valence-electron chi connectivity index (χ3n) is 4.79. The second-order valence-corrected chi connectivity index (χ2v) is 6.84. The van der Waals surface area contributed by atoms with Crippen molar-refractivity contribution in [2.75, 3.05) is 33.2 Å². The third kappa shape index (κ3) is 6.10. The molecule has 1 fully saturated rings. The maximum atomic E-state index is 13.0. The van der Waals surface area contributed by atoms with Gasteiger partial charge in [-0.2, -0.15) is 5.10 Å². The minimum Gasteiger partial charge on any atom is -0.317 e. The molecule has 0 atom stereocenters. The number of hydrogen-bond donors (Lipinski definition) is 2. The van der Waals surface area contributed by atoms with Gasteiger partial charge in [0.15, 0.2) is 0 Å². The number of rotatable bonds is 7. The molecule has 0 radical (unpaired) electrons. The molecule has 2 aromatic rings. The highest BCUT2D eigenvalue weighted by Crippen LogP contribution is 2.19. The molecule has 1 aromatic carbocycles. The molecule has 1 aromatic heterocycles. The second kappa shape index (κ2) is 9.90. The van der Waals surface area contributed by atoms with E-state index in [1.165, 1.54) is 44.6 Å². The summed E-state index contributed by atoms with van der Waals surface area (Å²) >= 11 is 0. The molecular formula is C19H28ClFN4. The van der Waals surface area contributed by atoms with E-state index in [0.717, 1.165) is 42.3 Å². The van der Waals surface area contributed by atoms with E-state index in [2.05, 4.69) is 33.5 Å². The fourth-order valence-corrected chi connectivity index (χ4v) is 3.39. The number of aromatic nitrogens is 2. The lowest BCUT2D eigenvalue weighted by Gasteiger charge is -2.27. The number of piperidine rings is 1. The molecule has 0 spiro atoms. The molecule has 0 amide bonds. The molecule has 1 saturated heterocycles. The van der Waals surface area contributed by atoms with Gasteiger partial charge in [-0.25, -0.2) is 4.39 Å². The van der Waals surface area contributed by atoms with Crippen LogP contribution in [0.5, 0.6) is 0 Å². The Bertz CT molecular complexity index is 623. The lowest BCUT2D eigenvalue weighted by molar-refractivity contribution is 0.238. The average molecular weight is 367 g/mol. The van der Waals surface area contributed by atoms with Crippen LogP contribution >= 0.6 is 12.4 Å². The van der Waals surface area contributed by atoms with Gasteiger partial charge in [-0.3, -0.25) is 5.10 Å². The van der Waals surface area contributed by atoms with Crippen molar-refractivity contribution in [3.63, 3.8) is 0 Å². The van der Waals surface area contributed by atoms with Crippen LogP contribution in [0.15, 0.2) is 30.3 Å². The third-order valence-corrected chi connectivity index (χ3v) is 4.79. The molecular weight excluding hydrogens is 339 g/mol. The number of benzene rings is 1. The number of H-pyrrole nitrogens is 1. The standard InChI is InChI=1S/C19H27FN4.ClH/c1-24(14-15-8-10-21-11-9-15)12-2-3-18-13-19(23-22-18)16-4-6-17(20)7-5-16;/h4-7,13,15,21H,2-3,8-12,14H2,1H3,(H,22,23);1H. The Balaban J connectivity index is 0.00000225. The zero-order valence-corrected chi connectivity index (χ0v) is 15.6. The summed E-state index contributed by atoms with van der Waals surface area (Å²) in [6, 6.07) is 8.54. The van der Waals surface area contributed by atoms with Crippen LogP contribution < -0.4 is 5.32 Å². The van der Waals surface area contributed by atoms with Crippen molar-refractivity contribution in [1.82, 2.24) is 20.4 Å². The van der Waals surface area contributed by atoms with Gasteiger partial charge in [0, 0.05) is 17.8 Å². The molecule has 0 bridgehead atoms. The summed E-state index contributed by atoms with van der Waals surface area (Å²) in [5.74, 6) is 0.625. The normalized spacial score (nSPS) is 15.3. The van der Waals surface area contributed by atoms with Crippen molar-refractivity contribution >= 4 is 12.4 Å². The van der Waals surface area contributed by atoms with E-state index in [-0.39, 0.29) is 18.2 Å². The minimum atomic E-state index is -0.216. The van der Waals surface area contributed by atoms with E-state index < -0.39 is 0 Å². The minimum absolute atomic E-state index is 0. The molecule has 3 rings (SSSR count). The van der Waals surface area contributed by atoms with Crippen LogP contribution in [0.25, 0.3) is 11.3 Å². The second-order valence-electron chi connectivity index (χ2n) is 6.84. The van der Waals surface area contributed by atoms with Crippen molar-refractivity contribution in [2.45, 2.75) is 25.7 Å². The van der Waals surface area contributed by atoms with E-state index in [4.69, 9.17) is 0 Å². The van der Waals surface area contributed by atoms with E-state index in [0.29, 0.717) is 0 Å². The highest BCUT2D eigenvalue weighted by Gasteiger charge is 2.14.